The molecule has 0 spiro atoms. The summed E-state index contributed by atoms with van der Waals surface area (Å²) in [7, 11) is 1.71. The van der Waals surface area contributed by atoms with Gasteiger partial charge in [-0.15, -0.1) is 0 Å². The summed E-state index contributed by atoms with van der Waals surface area (Å²) in [5.74, 6) is 0.889. The molecule has 3 rings (SSSR count). The molecule has 0 saturated carbocycles. The molecule has 1 saturated heterocycles. The number of likely N-dealkylation sites (tertiary alicyclic amines) is 1. The average Bonchev–Trinajstić information content (AvgIpc) is 3.00. The third-order valence-corrected chi connectivity index (χ3v) is 4.53. The predicted octanol–water partition coefficient (Wildman–Crippen LogP) is 3.40. The molecule has 1 aromatic heterocycles. The van der Waals surface area contributed by atoms with Crippen LogP contribution in [0.3, 0.4) is 0 Å². The molecule has 23 heavy (non-hydrogen) atoms. The zero-order valence-electron chi connectivity index (χ0n) is 13.6. The van der Waals surface area contributed by atoms with Crippen molar-refractivity contribution < 1.29 is 9.13 Å². The molecule has 124 valence electrons. The molecule has 2 aromatic rings. The maximum atomic E-state index is 13.6. The van der Waals surface area contributed by atoms with E-state index >= 15 is 0 Å². The molecule has 0 N–H and O–H groups in total. The standard InChI is InChI=1S/C18H24FN3O/c1-23-12-11-21-10-8-20-18(21)14-22-9-3-2-7-17(22)15-5-4-6-16(19)13-15/h4-6,8,10,13,17H,2-3,7,9,11-12,14H2,1H3/t17-/m0/s1. The van der Waals surface area contributed by atoms with Crippen LogP contribution in [0.5, 0.6) is 0 Å². The summed E-state index contributed by atoms with van der Waals surface area (Å²) in [4.78, 5) is 6.92. The summed E-state index contributed by atoms with van der Waals surface area (Å²) in [6.45, 7) is 3.30. The number of imidazole rings is 1. The molecule has 4 nitrogen and oxygen atoms in total. The number of hydrogen-bond donors (Lipinski definition) is 0. The third kappa shape index (κ3) is 3.98. The first-order valence-electron chi connectivity index (χ1n) is 8.26. The normalized spacial score (nSPS) is 19.1. The fourth-order valence-corrected chi connectivity index (χ4v) is 3.34. The Hall–Kier alpha value is -1.72. The minimum absolute atomic E-state index is 0.158. The van der Waals surface area contributed by atoms with Gasteiger partial charge >= 0.3 is 0 Å². The molecular weight excluding hydrogens is 293 g/mol. The number of hydrogen-bond acceptors (Lipinski definition) is 3. The third-order valence-electron chi connectivity index (χ3n) is 4.53. The number of halogens is 1. The van der Waals surface area contributed by atoms with Gasteiger partial charge in [-0.2, -0.15) is 0 Å². The lowest BCUT2D eigenvalue weighted by Crippen LogP contribution is -2.34. The van der Waals surface area contributed by atoms with E-state index in [9.17, 15) is 4.39 Å². The van der Waals surface area contributed by atoms with E-state index in [4.69, 9.17) is 4.74 Å². The second-order valence-corrected chi connectivity index (χ2v) is 6.07. The van der Waals surface area contributed by atoms with Gasteiger partial charge in [-0.25, -0.2) is 9.37 Å². The van der Waals surface area contributed by atoms with E-state index < -0.39 is 0 Å². The van der Waals surface area contributed by atoms with Gasteiger partial charge in [-0.3, -0.25) is 4.90 Å². The molecule has 0 bridgehead atoms. The lowest BCUT2D eigenvalue weighted by Gasteiger charge is -2.35. The van der Waals surface area contributed by atoms with Gasteiger partial charge in [0.15, 0.2) is 0 Å². The summed E-state index contributed by atoms with van der Waals surface area (Å²) >= 11 is 0. The Morgan fingerprint density at radius 3 is 3.09 bits per heavy atom. The van der Waals surface area contributed by atoms with E-state index in [-0.39, 0.29) is 11.9 Å². The molecule has 0 radical (unpaired) electrons. The lowest BCUT2D eigenvalue weighted by molar-refractivity contribution is 0.132. The fraction of sp³-hybridized carbons (Fsp3) is 0.500. The minimum atomic E-state index is -0.158. The first-order valence-corrected chi connectivity index (χ1v) is 8.26. The van der Waals surface area contributed by atoms with Gasteiger partial charge in [-0.05, 0) is 37.1 Å². The summed E-state index contributed by atoms with van der Waals surface area (Å²) in [6.07, 6.45) is 7.28. The molecular formula is C18H24FN3O. The molecule has 2 heterocycles. The van der Waals surface area contributed by atoms with Crippen LogP contribution in [-0.2, 0) is 17.8 Å². The topological polar surface area (TPSA) is 30.3 Å². The van der Waals surface area contributed by atoms with Crippen molar-refractivity contribution in [2.45, 2.75) is 38.4 Å². The van der Waals surface area contributed by atoms with Crippen molar-refractivity contribution in [3.63, 3.8) is 0 Å². The van der Waals surface area contributed by atoms with Crippen molar-refractivity contribution >= 4 is 0 Å². The van der Waals surface area contributed by atoms with Gasteiger partial charge < -0.3 is 9.30 Å². The Labute approximate surface area is 136 Å². The van der Waals surface area contributed by atoms with Crippen molar-refractivity contribution in [3.8, 4) is 0 Å². The monoisotopic (exact) mass is 317 g/mol. The number of methoxy groups -OCH3 is 1. The zero-order valence-corrected chi connectivity index (χ0v) is 13.6. The highest BCUT2D eigenvalue weighted by Gasteiger charge is 2.25. The van der Waals surface area contributed by atoms with Crippen LogP contribution in [0, 0.1) is 5.82 Å². The molecule has 5 heteroatoms. The number of rotatable bonds is 6. The minimum Gasteiger partial charge on any atom is -0.383 e. The lowest BCUT2D eigenvalue weighted by atomic mass is 9.95. The molecule has 1 aliphatic heterocycles. The first kappa shape index (κ1) is 16.1. The zero-order chi connectivity index (χ0) is 16.1. The van der Waals surface area contributed by atoms with Crippen LogP contribution in [0.15, 0.2) is 36.7 Å². The van der Waals surface area contributed by atoms with Gasteiger partial charge in [-0.1, -0.05) is 18.6 Å². The van der Waals surface area contributed by atoms with Crippen LogP contribution in [0.4, 0.5) is 4.39 Å². The predicted molar refractivity (Wildman–Crippen MR) is 87.5 cm³/mol. The Kier molecular flexibility index (Phi) is 5.41. The highest BCUT2D eigenvalue weighted by atomic mass is 19.1. The maximum Gasteiger partial charge on any atom is 0.123 e. The van der Waals surface area contributed by atoms with Crippen molar-refractivity contribution in [2.24, 2.45) is 0 Å². The Morgan fingerprint density at radius 2 is 2.26 bits per heavy atom. The molecule has 0 unspecified atom stereocenters. The van der Waals surface area contributed by atoms with Crippen molar-refractivity contribution in [3.05, 3.63) is 53.9 Å². The Morgan fingerprint density at radius 1 is 1.35 bits per heavy atom. The van der Waals surface area contributed by atoms with Crippen molar-refractivity contribution in [1.82, 2.24) is 14.5 Å². The molecule has 1 fully saturated rings. The van der Waals surface area contributed by atoms with E-state index in [1.807, 2.05) is 18.5 Å². The fourth-order valence-electron chi connectivity index (χ4n) is 3.34. The molecule has 1 aliphatic rings. The summed E-state index contributed by atoms with van der Waals surface area (Å²) in [6, 6.07) is 7.28. The number of ether oxygens (including phenoxy) is 1. The van der Waals surface area contributed by atoms with E-state index in [1.54, 1.807) is 19.2 Å². The first-order chi connectivity index (χ1) is 11.3. The highest BCUT2D eigenvalue weighted by Crippen LogP contribution is 2.32. The van der Waals surface area contributed by atoms with Gasteiger partial charge in [0, 0.05) is 32.1 Å². The number of piperidine rings is 1. The maximum absolute atomic E-state index is 13.6. The Balaban J connectivity index is 1.76. The molecule has 1 aromatic carbocycles. The van der Waals surface area contributed by atoms with Crippen LogP contribution >= 0.6 is 0 Å². The average molecular weight is 317 g/mol. The van der Waals surface area contributed by atoms with Crippen LogP contribution in [-0.4, -0.2) is 34.7 Å². The van der Waals surface area contributed by atoms with Crippen LogP contribution in [0.2, 0.25) is 0 Å². The van der Waals surface area contributed by atoms with Crippen LogP contribution < -0.4 is 0 Å². The summed E-state index contributed by atoms with van der Waals surface area (Å²) < 4.78 is 20.9. The number of benzene rings is 1. The van der Waals surface area contributed by atoms with Crippen molar-refractivity contribution in [2.75, 3.05) is 20.3 Å². The van der Waals surface area contributed by atoms with E-state index in [0.29, 0.717) is 6.61 Å². The van der Waals surface area contributed by atoms with Gasteiger partial charge in [0.25, 0.3) is 0 Å². The second-order valence-electron chi connectivity index (χ2n) is 6.07. The van der Waals surface area contributed by atoms with Gasteiger partial charge in [0.05, 0.1) is 13.2 Å². The Bertz CT molecular complexity index is 628. The van der Waals surface area contributed by atoms with E-state index in [1.165, 1.54) is 18.9 Å². The van der Waals surface area contributed by atoms with Gasteiger partial charge in [0.2, 0.25) is 0 Å². The number of nitrogens with zero attached hydrogens (tertiary/aromatic N) is 3. The van der Waals surface area contributed by atoms with Crippen LogP contribution in [0.25, 0.3) is 0 Å². The largest absolute Gasteiger partial charge is 0.383 e. The van der Waals surface area contributed by atoms with Crippen molar-refractivity contribution in [1.29, 1.82) is 0 Å². The molecule has 1 atom stereocenters. The number of aromatic nitrogens is 2. The van der Waals surface area contributed by atoms with Gasteiger partial charge in [0.1, 0.15) is 11.6 Å². The van der Waals surface area contributed by atoms with E-state index in [2.05, 4.69) is 14.5 Å². The van der Waals surface area contributed by atoms with E-state index in [0.717, 1.165) is 37.4 Å². The SMILES string of the molecule is COCCn1ccnc1CN1CCCC[C@H]1c1cccc(F)c1. The molecule has 0 aliphatic carbocycles. The second kappa shape index (κ2) is 7.70. The highest BCUT2D eigenvalue weighted by molar-refractivity contribution is 5.21. The quantitative estimate of drug-likeness (QED) is 0.818. The smallest absolute Gasteiger partial charge is 0.123 e. The molecule has 0 amide bonds. The summed E-state index contributed by atoms with van der Waals surface area (Å²) in [5, 5.41) is 0. The van der Waals surface area contributed by atoms with Crippen LogP contribution in [0.1, 0.15) is 36.7 Å². The summed E-state index contributed by atoms with van der Waals surface area (Å²) in [5.41, 5.74) is 1.07.